The zero-order chi connectivity index (χ0) is 13.8. The Morgan fingerprint density at radius 3 is 2.58 bits per heavy atom. The number of nitrogens with zero attached hydrogens (tertiary/aromatic N) is 1. The van der Waals surface area contributed by atoms with Gasteiger partial charge in [-0.2, -0.15) is 8.78 Å². The monoisotopic (exact) mass is 268 g/mol. The van der Waals surface area contributed by atoms with E-state index in [4.69, 9.17) is 5.73 Å². The highest BCUT2D eigenvalue weighted by molar-refractivity contribution is 5.40. The fraction of sp³-hybridized carbons (Fsp3) is 0.154. The molecule has 0 saturated carbocycles. The van der Waals surface area contributed by atoms with Crippen LogP contribution in [0.25, 0.3) is 0 Å². The Morgan fingerprint density at radius 1 is 1.16 bits per heavy atom. The molecule has 0 fully saturated rings. The number of nitrogens with two attached hydrogens (primary N) is 1. The highest BCUT2D eigenvalue weighted by atomic mass is 19.3. The van der Waals surface area contributed by atoms with E-state index >= 15 is 0 Å². The molecule has 6 heteroatoms. The first-order valence-electron chi connectivity index (χ1n) is 5.47. The Labute approximate surface area is 107 Å². The lowest BCUT2D eigenvalue weighted by Gasteiger charge is -2.16. The number of aromatic nitrogens is 1. The molecule has 1 heterocycles. The summed E-state index contributed by atoms with van der Waals surface area (Å²) >= 11 is 0. The van der Waals surface area contributed by atoms with Crippen LogP contribution in [0, 0.1) is 5.82 Å². The summed E-state index contributed by atoms with van der Waals surface area (Å²) in [5.74, 6) is -0.575. The van der Waals surface area contributed by atoms with Gasteiger partial charge in [-0.15, -0.1) is 0 Å². The molecule has 3 nitrogen and oxygen atoms in total. The minimum atomic E-state index is -2.95. The average Bonchev–Trinajstić information content (AvgIpc) is 2.38. The predicted molar refractivity (Wildman–Crippen MR) is 63.3 cm³/mol. The molecule has 1 aromatic carbocycles. The van der Waals surface area contributed by atoms with Crippen LogP contribution in [0.5, 0.6) is 5.75 Å². The largest absolute Gasteiger partial charge is 0.434 e. The maximum absolute atomic E-state index is 13.1. The standard InChI is InChI=1S/C13H11F3N2O/c14-9-5-8(6-18-7-9)12(17)10-3-1-2-4-11(10)19-13(15)16/h1-7,12-13H,17H2. The summed E-state index contributed by atoms with van der Waals surface area (Å²) in [5, 5.41) is 0. The number of hydrogen-bond donors (Lipinski definition) is 1. The van der Waals surface area contributed by atoms with Crippen molar-refractivity contribution in [2.45, 2.75) is 12.7 Å². The highest BCUT2D eigenvalue weighted by Gasteiger charge is 2.17. The van der Waals surface area contributed by atoms with Gasteiger partial charge in [0.1, 0.15) is 11.6 Å². The third kappa shape index (κ3) is 3.23. The number of pyridine rings is 1. The molecule has 19 heavy (non-hydrogen) atoms. The van der Waals surface area contributed by atoms with Gasteiger partial charge in [-0.1, -0.05) is 18.2 Å². The Hall–Kier alpha value is -2.08. The van der Waals surface area contributed by atoms with Crippen LogP contribution in [0.15, 0.2) is 42.7 Å². The molecule has 0 bridgehead atoms. The van der Waals surface area contributed by atoms with E-state index in [1.807, 2.05) is 0 Å². The number of para-hydroxylation sites is 1. The molecule has 1 aromatic heterocycles. The van der Waals surface area contributed by atoms with Crippen LogP contribution in [0.3, 0.4) is 0 Å². The van der Waals surface area contributed by atoms with Crippen LogP contribution in [0.1, 0.15) is 17.2 Å². The van der Waals surface area contributed by atoms with Crippen molar-refractivity contribution in [3.05, 3.63) is 59.7 Å². The van der Waals surface area contributed by atoms with Gasteiger partial charge in [0.25, 0.3) is 0 Å². The first-order valence-corrected chi connectivity index (χ1v) is 5.47. The van der Waals surface area contributed by atoms with Crippen LogP contribution in [-0.2, 0) is 0 Å². The summed E-state index contributed by atoms with van der Waals surface area (Å²) in [7, 11) is 0. The number of halogens is 3. The van der Waals surface area contributed by atoms with E-state index in [9.17, 15) is 13.2 Å². The molecule has 0 aliphatic rings. The van der Waals surface area contributed by atoms with E-state index in [0.29, 0.717) is 11.1 Å². The normalized spacial score (nSPS) is 12.5. The van der Waals surface area contributed by atoms with Crippen LogP contribution >= 0.6 is 0 Å². The second-order valence-electron chi connectivity index (χ2n) is 3.83. The quantitative estimate of drug-likeness (QED) is 0.927. The SMILES string of the molecule is NC(c1cncc(F)c1)c1ccccc1OC(F)F. The molecular formula is C13H11F3N2O. The molecule has 100 valence electrons. The third-order valence-electron chi connectivity index (χ3n) is 2.56. The Balaban J connectivity index is 2.35. The van der Waals surface area contributed by atoms with Gasteiger partial charge >= 0.3 is 6.61 Å². The summed E-state index contributed by atoms with van der Waals surface area (Å²) < 4.78 is 42.1. The van der Waals surface area contributed by atoms with Gasteiger partial charge in [0, 0.05) is 11.8 Å². The number of benzene rings is 1. The van der Waals surface area contributed by atoms with Gasteiger partial charge < -0.3 is 10.5 Å². The van der Waals surface area contributed by atoms with Crippen LogP contribution in [-0.4, -0.2) is 11.6 Å². The predicted octanol–water partition coefficient (Wildman–Crippen LogP) is 2.87. The van der Waals surface area contributed by atoms with Gasteiger partial charge in [0.05, 0.1) is 12.2 Å². The topological polar surface area (TPSA) is 48.1 Å². The van der Waals surface area contributed by atoms with Gasteiger partial charge in [-0.05, 0) is 17.7 Å². The van der Waals surface area contributed by atoms with Crippen LogP contribution in [0.4, 0.5) is 13.2 Å². The van der Waals surface area contributed by atoms with Crippen LogP contribution < -0.4 is 10.5 Å². The summed E-state index contributed by atoms with van der Waals surface area (Å²) in [5.41, 5.74) is 6.65. The minimum absolute atomic E-state index is 0.0331. The Morgan fingerprint density at radius 2 is 1.89 bits per heavy atom. The highest BCUT2D eigenvalue weighted by Crippen LogP contribution is 2.29. The van der Waals surface area contributed by atoms with Crippen molar-refractivity contribution in [1.29, 1.82) is 0 Å². The molecule has 2 rings (SSSR count). The van der Waals surface area contributed by atoms with Gasteiger partial charge in [0.2, 0.25) is 0 Å². The summed E-state index contributed by atoms with van der Waals surface area (Å²) in [4.78, 5) is 3.68. The summed E-state index contributed by atoms with van der Waals surface area (Å²) in [6, 6.07) is 6.54. The molecule has 0 aliphatic heterocycles. The lowest BCUT2D eigenvalue weighted by Crippen LogP contribution is -2.15. The number of hydrogen-bond acceptors (Lipinski definition) is 3. The van der Waals surface area contributed by atoms with E-state index < -0.39 is 18.5 Å². The van der Waals surface area contributed by atoms with Gasteiger partial charge in [-0.3, -0.25) is 4.98 Å². The third-order valence-corrected chi connectivity index (χ3v) is 2.56. The molecule has 0 saturated heterocycles. The minimum Gasteiger partial charge on any atom is -0.434 e. The van der Waals surface area contributed by atoms with Crippen molar-refractivity contribution in [3.63, 3.8) is 0 Å². The van der Waals surface area contributed by atoms with E-state index in [0.717, 1.165) is 6.20 Å². The summed E-state index contributed by atoms with van der Waals surface area (Å²) in [6.07, 6.45) is 2.42. The lowest BCUT2D eigenvalue weighted by atomic mass is 10.0. The van der Waals surface area contributed by atoms with Crippen molar-refractivity contribution in [2.24, 2.45) is 5.73 Å². The smallest absolute Gasteiger partial charge is 0.387 e. The fourth-order valence-electron chi connectivity index (χ4n) is 1.72. The first-order chi connectivity index (χ1) is 9.08. The first kappa shape index (κ1) is 13.4. The van der Waals surface area contributed by atoms with Crippen molar-refractivity contribution >= 4 is 0 Å². The van der Waals surface area contributed by atoms with E-state index in [1.54, 1.807) is 18.2 Å². The zero-order valence-electron chi connectivity index (χ0n) is 9.76. The van der Waals surface area contributed by atoms with Crippen LogP contribution in [0.2, 0.25) is 0 Å². The molecule has 2 aromatic rings. The van der Waals surface area contributed by atoms with Gasteiger partial charge in [-0.25, -0.2) is 4.39 Å². The average molecular weight is 268 g/mol. The molecule has 0 amide bonds. The van der Waals surface area contributed by atoms with E-state index in [-0.39, 0.29) is 5.75 Å². The molecule has 2 N–H and O–H groups in total. The van der Waals surface area contributed by atoms with E-state index in [2.05, 4.69) is 9.72 Å². The van der Waals surface area contributed by atoms with Crippen molar-refractivity contribution < 1.29 is 17.9 Å². The molecule has 1 atom stereocenters. The Bertz CT molecular complexity index is 563. The molecule has 0 aliphatic carbocycles. The molecule has 0 radical (unpaired) electrons. The van der Waals surface area contributed by atoms with Crippen molar-refractivity contribution in [2.75, 3.05) is 0 Å². The second-order valence-corrected chi connectivity index (χ2v) is 3.83. The zero-order valence-corrected chi connectivity index (χ0v) is 9.76. The van der Waals surface area contributed by atoms with Crippen molar-refractivity contribution in [3.8, 4) is 5.75 Å². The fourth-order valence-corrected chi connectivity index (χ4v) is 1.72. The maximum Gasteiger partial charge on any atom is 0.387 e. The van der Waals surface area contributed by atoms with Crippen molar-refractivity contribution in [1.82, 2.24) is 4.98 Å². The second kappa shape index (κ2) is 5.71. The molecule has 1 unspecified atom stereocenters. The Kier molecular flexibility index (Phi) is 4.01. The molecule has 0 spiro atoms. The maximum atomic E-state index is 13.1. The number of rotatable bonds is 4. The lowest BCUT2D eigenvalue weighted by molar-refractivity contribution is -0.0505. The summed E-state index contributed by atoms with van der Waals surface area (Å²) in [6.45, 7) is -2.95. The molecular weight excluding hydrogens is 257 g/mol. The number of ether oxygens (including phenoxy) is 1. The van der Waals surface area contributed by atoms with E-state index in [1.165, 1.54) is 18.3 Å². The van der Waals surface area contributed by atoms with Gasteiger partial charge in [0.15, 0.2) is 0 Å². The number of alkyl halides is 2.